The normalized spacial score (nSPS) is 17.5. The van der Waals surface area contributed by atoms with Gasteiger partial charge in [0.1, 0.15) is 18.5 Å². The second kappa shape index (κ2) is 4.58. The van der Waals surface area contributed by atoms with Crippen LogP contribution in [0.15, 0.2) is 47.3 Å². The number of ether oxygens (including phenoxy) is 2. The highest BCUT2D eigenvalue weighted by Crippen LogP contribution is 2.28. The van der Waals surface area contributed by atoms with Gasteiger partial charge < -0.3 is 9.47 Å². The van der Waals surface area contributed by atoms with Crippen molar-refractivity contribution in [2.45, 2.75) is 6.10 Å². The van der Waals surface area contributed by atoms with Crippen molar-refractivity contribution in [2.75, 3.05) is 13.2 Å². The van der Waals surface area contributed by atoms with Crippen LogP contribution in [0, 0.1) is 0 Å². The maximum Gasteiger partial charge on any atom is 0.195 e. The van der Waals surface area contributed by atoms with Gasteiger partial charge in [0, 0.05) is 20.2 Å². The maximum atomic E-state index is 12.4. The Labute approximate surface area is 119 Å². The molecule has 20 heavy (non-hydrogen) atoms. The fourth-order valence-electron chi connectivity index (χ4n) is 2.22. The van der Waals surface area contributed by atoms with E-state index in [1.807, 2.05) is 42.5 Å². The Bertz CT molecular complexity index is 849. The van der Waals surface area contributed by atoms with Gasteiger partial charge in [-0.05, 0) is 30.3 Å². The molecule has 4 rings (SSSR count). The Morgan fingerprint density at radius 3 is 2.80 bits per heavy atom. The summed E-state index contributed by atoms with van der Waals surface area (Å²) in [4.78, 5) is 12.4. The van der Waals surface area contributed by atoms with Crippen LogP contribution in [0.25, 0.3) is 20.2 Å². The van der Waals surface area contributed by atoms with E-state index in [9.17, 15) is 4.79 Å². The van der Waals surface area contributed by atoms with Gasteiger partial charge in [0.2, 0.25) is 0 Å². The molecular weight excluding hydrogens is 272 g/mol. The monoisotopic (exact) mass is 284 g/mol. The van der Waals surface area contributed by atoms with Gasteiger partial charge in [-0.1, -0.05) is 12.1 Å². The minimum atomic E-state index is 0.0893. The van der Waals surface area contributed by atoms with Crippen LogP contribution in [0.4, 0.5) is 0 Å². The quantitative estimate of drug-likeness (QED) is 0.547. The number of benzene rings is 2. The molecule has 0 saturated carbocycles. The molecule has 4 heteroatoms. The van der Waals surface area contributed by atoms with E-state index in [0.717, 1.165) is 32.5 Å². The van der Waals surface area contributed by atoms with Crippen LogP contribution in [0.5, 0.6) is 5.75 Å². The SMILES string of the molecule is O=c1c2ccccc2sc2cc(OCC3CO3)ccc12. The summed E-state index contributed by atoms with van der Waals surface area (Å²) in [6.45, 7) is 1.36. The summed E-state index contributed by atoms with van der Waals surface area (Å²) < 4.78 is 12.8. The smallest absolute Gasteiger partial charge is 0.195 e. The third-order valence-corrected chi connectivity index (χ3v) is 4.52. The Kier molecular flexibility index (Phi) is 2.72. The summed E-state index contributed by atoms with van der Waals surface area (Å²) in [7, 11) is 0. The molecule has 1 saturated heterocycles. The second-order valence-corrected chi connectivity index (χ2v) is 5.94. The molecule has 1 fully saturated rings. The molecule has 1 unspecified atom stereocenters. The third-order valence-electron chi connectivity index (χ3n) is 3.39. The lowest BCUT2D eigenvalue weighted by atomic mass is 10.2. The topological polar surface area (TPSA) is 38.8 Å². The number of hydrogen-bond donors (Lipinski definition) is 0. The lowest BCUT2D eigenvalue weighted by Gasteiger charge is -2.06. The highest BCUT2D eigenvalue weighted by Gasteiger charge is 2.23. The van der Waals surface area contributed by atoms with E-state index in [2.05, 4.69) is 0 Å². The van der Waals surface area contributed by atoms with Gasteiger partial charge in [0.15, 0.2) is 5.43 Å². The fourth-order valence-corrected chi connectivity index (χ4v) is 3.32. The van der Waals surface area contributed by atoms with Crippen molar-refractivity contribution in [3.63, 3.8) is 0 Å². The van der Waals surface area contributed by atoms with Gasteiger partial charge in [0.25, 0.3) is 0 Å². The van der Waals surface area contributed by atoms with Gasteiger partial charge in [-0.2, -0.15) is 0 Å². The van der Waals surface area contributed by atoms with Crippen LogP contribution in [0.2, 0.25) is 0 Å². The molecule has 100 valence electrons. The van der Waals surface area contributed by atoms with Crippen LogP contribution in [-0.4, -0.2) is 19.3 Å². The Balaban J connectivity index is 1.84. The van der Waals surface area contributed by atoms with E-state index >= 15 is 0 Å². The van der Waals surface area contributed by atoms with Crippen LogP contribution in [0.3, 0.4) is 0 Å². The third kappa shape index (κ3) is 2.07. The molecule has 0 spiro atoms. The molecule has 0 bridgehead atoms. The molecule has 1 aliphatic rings. The van der Waals surface area contributed by atoms with Crippen molar-refractivity contribution >= 4 is 31.5 Å². The lowest BCUT2D eigenvalue weighted by Crippen LogP contribution is -2.05. The van der Waals surface area contributed by atoms with E-state index < -0.39 is 0 Å². The number of fused-ring (bicyclic) bond motifs is 2. The molecule has 0 aliphatic carbocycles. The summed E-state index contributed by atoms with van der Waals surface area (Å²) in [5, 5.41) is 1.54. The standard InChI is InChI=1S/C16H12O3S/c17-16-12-3-1-2-4-14(12)20-15-7-10(5-6-13(15)16)18-8-11-9-19-11/h1-7,11H,8-9H2. The van der Waals surface area contributed by atoms with Gasteiger partial charge in [-0.3, -0.25) is 4.79 Å². The van der Waals surface area contributed by atoms with Crippen LogP contribution in [0.1, 0.15) is 0 Å². The van der Waals surface area contributed by atoms with E-state index in [1.54, 1.807) is 11.3 Å². The minimum Gasteiger partial charge on any atom is -0.491 e. The van der Waals surface area contributed by atoms with Crippen molar-refractivity contribution in [3.05, 3.63) is 52.7 Å². The van der Waals surface area contributed by atoms with Crippen molar-refractivity contribution in [3.8, 4) is 5.75 Å². The van der Waals surface area contributed by atoms with Crippen LogP contribution in [-0.2, 0) is 4.74 Å². The summed E-state index contributed by atoms with van der Waals surface area (Å²) in [5.74, 6) is 0.791. The van der Waals surface area contributed by atoms with Crippen molar-refractivity contribution in [2.24, 2.45) is 0 Å². The zero-order valence-electron chi connectivity index (χ0n) is 10.7. The van der Waals surface area contributed by atoms with E-state index in [0.29, 0.717) is 6.61 Å². The van der Waals surface area contributed by atoms with Crippen molar-refractivity contribution in [1.82, 2.24) is 0 Å². The van der Waals surface area contributed by atoms with Gasteiger partial charge in [0.05, 0.1) is 6.61 Å². The Morgan fingerprint density at radius 2 is 1.95 bits per heavy atom. The number of hydrogen-bond acceptors (Lipinski definition) is 4. The number of epoxide rings is 1. The molecule has 1 aromatic heterocycles. The zero-order chi connectivity index (χ0) is 13.5. The maximum absolute atomic E-state index is 12.4. The predicted molar refractivity (Wildman–Crippen MR) is 80.8 cm³/mol. The van der Waals surface area contributed by atoms with Crippen molar-refractivity contribution in [1.29, 1.82) is 0 Å². The van der Waals surface area contributed by atoms with E-state index in [1.165, 1.54) is 0 Å². The largest absolute Gasteiger partial charge is 0.491 e. The highest BCUT2D eigenvalue weighted by atomic mass is 32.1. The first-order valence-corrected chi connectivity index (χ1v) is 7.33. The molecule has 1 aliphatic heterocycles. The predicted octanol–water partition coefficient (Wildman–Crippen LogP) is 3.19. The number of rotatable bonds is 3. The summed E-state index contributed by atoms with van der Waals surface area (Å²) >= 11 is 1.62. The van der Waals surface area contributed by atoms with Gasteiger partial charge in [-0.15, -0.1) is 11.3 Å². The lowest BCUT2D eigenvalue weighted by molar-refractivity contribution is 0.263. The average Bonchev–Trinajstić information content (AvgIpc) is 3.29. The average molecular weight is 284 g/mol. The summed E-state index contributed by atoms with van der Waals surface area (Å²) in [6.07, 6.45) is 0.237. The first kappa shape index (κ1) is 11.9. The molecule has 0 amide bonds. The molecule has 2 heterocycles. The molecule has 2 aromatic carbocycles. The molecule has 1 atom stereocenters. The second-order valence-electron chi connectivity index (χ2n) is 4.85. The Hall–Kier alpha value is -1.91. The molecule has 3 aromatic rings. The molecule has 0 radical (unpaired) electrons. The first-order chi connectivity index (χ1) is 9.81. The molecule has 0 N–H and O–H groups in total. The van der Waals surface area contributed by atoms with Crippen LogP contribution >= 0.6 is 11.3 Å². The highest BCUT2D eigenvalue weighted by molar-refractivity contribution is 7.24. The zero-order valence-corrected chi connectivity index (χ0v) is 11.5. The minimum absolute atomic E-state index is 0.0893. The van der Waals surface area contributed by atoms with E-state index in [4.69, 9.17) is 9.47 Å². The van der Waals surface area contributed by atoms with Gasteiger partial charge >= 0.3 is 0 Å². The Morgan fingerprint density at radius 1 is 1.15 bits per heavy atom. The molecule has 3 nitrogen and oxygen atoms in total. The summed E-state index contributed by atoms with van der Waals surface area (Å²) in [5.41, 5.74) is 0.0893. The van der Waals surface area contributed by atoms with Gasteiger partial charge in [-0.25, -0.2) is 0 Å². The molecular formula is C16H12O3S. The fraction of sp³-hybridized carbons (Fsp3) is 0.188. The van der Waals surface area contributed by atoms with E-state index in [-0.39, 0.29) is 11.5 Å². The van der Waals surface area contributed by atoms with Crippen LogP contribution < -0.4 is 10.2 Å². The van der Waals surface area contributed by atoms with Crippen molar-refractivity contribution < 1.29 is 9.47 Å². The first-order valence-electron chi connectivity index (χ1n) is 6.51. The summed E-state index contributed by atoms with van der Waals surface area (Å²) in [6, 6.07) is 13.4.